The standard InChI is InChI=1S/C26H26O10/c1-4-15-32-26-22(35-24(29)18-13-9-6-10-14-18)20(33-16(2)27)19(21(36-26)25(30)31-3)34-23(28)17-11-7-5-8-12-17/h4-14,19-22,26H,1,15H2,2-3H3/t19-,20-,21-,22+,26+/m0/s1. The van der Waals surface area contributed by atoms with Gasteiger partial charge in [0.2, 0.25) is 0 Å². The molecule has 3 rings (SSSR count). The van der Waals surface area contributed by atoms with Gasteiger partial charge in [-0.05, 0) is 24.3 Å². The van der Waals surface area contributed by atoms with E-state index in [1.54, 1.807) is 36.4 Å². The molecule has 5 atom stereocenters. The Morgan fingerprint density at radius 3 is 1.83 bits per heavy atom. The number of esters is 4. The summed E-state index contributed by atoms with van der Waals surface area (Å²) < 4.78 is 32.8. The van der Waals surface area contributed by atoms with Crippen LogP contribution in [0.2, 0.25) is 0 Å². The Morgan fingerprint density at radius 1 is 0.833 bits per heavy atom. The lowest BCUT2D eigenvalue weighted by molar-refractivity contribution is -0.293. The third-order valence-corrected chi connectivity index (χ3v) is 5.11. The molecule has 190 valence electrons. The Kier molecular flexibility index (Phi) is 9.32. The van der Waals surface area contributed by atoms with E-state index in [1.165, 1.54) is 30.3 Å². The number of hydrogen-bond acceptors (Lipinski definition) is 10. The van der Waals surface area contributed by atoms with Crippen molar-refractivity contribution >= 4 is 23.9 Å². The molecule has 10 nitrogen and oxygen atoms in total. The summed E-state index contributed by atoms with van der Waals surface area (Å²) in [4.78, 5) is 50.5. The van der Waals surface area contributed by atoms with Crippen LogP contribution in [0, 0.1) is 0 Å². The zero-order valence-electron chi connectivity index (χ0n) is 19.7. The van der Waals surface area contributed by atoms with Crippen molar-refractivity contribution in [3.8, 4) is 0 Å². The SMILES string of the molecule is C=CCO[C@@H]1O[C@H](C(=O)OC)[C@@H](OC(=O)c2ccccc2)[C@H](OC(C)=O)[C@H]1OC(=O)c1ccccc1. The number of rotatable bonds is 9. The number of carbonyl (C=O) groups is 4. The highest BCUT2D eigenvalue weighted by Gasteiger charge is 2.55. The van der Waals surface area contributed by atoms with Gasteiger partial charge < -0.3 is 28.4 Å². The Morgan fingerprint density at radius 2 is 1.36 bits per heavy atom. The van der Waals surface area contributed by atoms with Gasteiger partial charge in [-0.1, -0.05) is 42.5 Å². The molecule has 0 spiro atoms. The second-order valence-corrected chi connectivity index (χ2v) is 7.62. The minimum Gasteiger partial charge on any atom is -0.467 e. The lowest BCUT2D eigenvalue weighted by Gasteiger charge is -2.43. The van der Waals surface area contributed by atoms with Crippen LogP contribution < -0.4 is 0 Å². The summed E-state index contributed by atoms with van der Waals surface area (Å²) >= 11 is 0. The highest BCUT2D eigenvalue weighted by molar-refractivity contribution is 5.90. The maximum absolute atomic E-state index is 12.9. The van der Waals surface area contributed by atoms with Crippen molar-refractivity contribution in [2.45, 2.75) is 37.6 Å². The van der Waals surface area contributed by atoms with E-state index >= 15 is 0 Å². The predicted molar refractivity (Wildman–Crippen MR) is 124 cm³/mol. The molecule has 1 heterocycles. The second kappa shape index (κ2) is 12.6. The largest absolute Gasteiger partial charge is 0.467 e. The van der Waals surface area contributed by atoms with Gasteiger partial charge in [0.25, 0.3) is 0 Å². The first kappa shape index (κ1) is 26.6. The normalized spacial score (nSPS) is 23.1. The fourth-order valence-corrected chi connectivity index (χ4v) is 3.53. The fourth-order valence-electron chi connectivity index (χ4n) is 3.53. The third kappa shape index (κ3) is 6.55. The van der Waals surface area contributed by atoms with Gasteiger partial charge in [-0.3, -0.25) is 4.79 Å². The zero-order valence-corrected chi connectivity index (χ0v) is 19.7. The van der Waals surface area contributed by atoms with Gasteiger partial charge in [0.15, 0.2) is 30.7 Å². The lowest BCUT2D eigenvalue weighted by atomic mass is 9.97. The van der Waals surface area contributed by atoms with E-state index in [0.29, 0.717) is 0 Å². The molecule has 2 aromatic rings. The molecule has 1 saturated heterocycles. The number of methoxy groups -OCH3 is 1. The molecule has 0 N–H and O–H groups in total. The van der Waals surface area contributed by atoms with Gasteiger partial charge in [0.05, 0.1) is 24.8 Å². The maximum atomic E-state index is 12.9. The summed E-state index contributed by atoms with van der Waals surface area (Å²) in [5.74, 6) is -3.31. The Bertz CT molecular complexity index is 1070. The van der Waals surface area contributed by atoms with E-state index in [-0.39, 0.29) is 17.7 Å². The van der Waals surface area contributed by atoms with Crippen LogP contribution in [0.1, 0.15) is 27.6 Å². The average Bonchev–Trinajstić information content (AvgIpc) is 2.90. The van der Waals surface area contributed by atoms with Crippen LogP contribution in [0.25, 0.3) is 0 Å². The molecule has 0 unspecified atom stereocenters. The first-order valence-electron chi connectivity index (χ1n) is 11.0. The summed E-state index contributed by atoms with van der Waals surface area (Å²) in [5.41, 5.74) is 0.375. The molecule has 0 aliphatic carbocycles. The maximum Gasteiger partial charge on any atom is 0.339 e. The zero-order chi connectivity index (χ0) is 26.1. The second-order valence-electron chi connectivity index (χ2n) is 7.62. The number of carbonyl (C=O) groups excluding carboxylic acids is 4. The molecule has 10 heteroatoms. The van der Waals surface area contributed by atoms with Crippen LogP contribution in [0.3, 0.4) is 0 Å². The van der Waals surface area contributed by atoms with Crippen LogP contribution in [0.5, 0.6) is 0 Å². The molecule has 0 aromatic heterocycles. The Labute approximate surface area is 207 Å². The van der Waals surface area contributed by atoms with Crippen molar-refractivity contribution in [2.75, 3.05) is 13.7 Å². The minimum absolute atomic E-state index is 0.0563. The highest BCUT2D eigenvalue weighted by Crippen LogP contribution is 2.31. The molecule has 1 aliphatic rings. The molecule has 0 amide bonds. The molecule has 1 fully saturated rings. The number of benzene rings is 2. The number of hydrogen-bond donors (Lipinski definition) is 0. The van der Waals surface area contributed by atoms with Crippen molar-refractivity contribution in [1.82, 2.24) is 0 Å². The molecule has 36 heavy (non-hydrogen) atoms. The predicted octanol–water partition coefficient (Wildman–Crippen LogP) is 2.47. The quantitative estimate of drug-likeness (QED) is 0.289. The van der Waals surface area contributed by atoms with Gasteiger partial charge in [-0.15, -0.1) is 6.58 Å². The summed E-state index contributed by atoms with van der Waals surface area (Å²) in [6.45, 7) is 4.63. The highest BCUT2D eigenvalue weighted by atomic mass is 16.7. The van der Waals surface area contributed by atoms with Crippen LogP contribution in [-0.4, -0.2) is 68.3 Å². The summed E-state index contributed by atoms with van der Waals surface area (Å²) in [7, 11) is 1.11. The molecule has 0 radical (unpaired) electrons. The minimum atomic E-state index is -1.56. The topological polar surface area (TPSA) is 124 Å². The van der Waals surface area contributed by atoms with Crippen molar-refractivity contribution in [3.63, 3.8) is 0 Å². The van der Waals surface area contributed by atoms with Crippen molar-refractivity contribution in [3.05, 3.63) is 84.4 Å². The van der Waals surface area contributed by atoms with Crippen molar-refractivity contribution in [1.29, 1.82) is 0 Å². The van der Waals surface area contributed by atoms with Crippen molar-refractivity contribution in [2.24, 2.45) is 0 Å². The molecule has 0 saturated carbocycles. The third-order valence-electron chi connectivity index (χ3n) is 5.11. The van der Waals surface area contributed by atoms with E-state index in [2.05, 4.69) is 6.58 Å². The van der Waals surface area contributed by atoms with E-state index in [9.17, 15) is 19.2 Å². The van der Waals surface area contributed by atoms with Gasteiger partial charge in [0, 0.05) is 6.92 Å². The summed E-state index contributed by atoms with van der Waals surface area (Å²) in [5, 5.41) is 0. The Hall–Kier alpha value is -4.02. The fraction of sp³-hybridized carbons (Fsp3) is 0.308. The number of ether oxygens (including phenoxy) is 6. The molecular weight excluding hydrogens is 472 g/mol. The summed E-state index contributed by atoms with van der Waals surface area (Å²) in [6.07, 6.45) is -5.98. The van der Waals surface area contributed by atoms with E-state index in [4.69, 9.17) is 28.4 Å². The first-order chi connectivity index (χ1) is 17.3. The van der Waals surface area contributed by atoms with E-state index in [0.717, 1.165) is 14.0 Å². The van der Waals surface area contributed by atoms with E-state index < -0.39 is 54.6 Å². The van der Waals surface area contributed by atoms with E-state index in [1.807, 2.05) is 0 Å². The first-order valence-corrected chi connectivity index (χ1v) is 11.0. The Balaban J connectivity index is 2.01. The van der Waals surface area contributed by atoms with Crippen LogP contribution in [0.15, 0.2) is 73.3 Å². The van der Waals surface area contributed by atoms with Crippen LogP contribution >= 0.6 is 0 Å². The van der Waals surface area contributed by atoms with Gasteiger partial charge in [-0.25, -0.2) is 14.4 Å². The smallest absolute Gasteiger partial charge is 0.339 e. The molecule has 2 aromatic carbocycles. The van der Waals surface area contributed by atoms with Gasteiger partial charge in [-0.2, -0.15) is 0 Å². The molecule has 1 aliphatic heterocycles. The van der Waals surface area contributed by atoms with Gasteiger partial charge >= 0.3 is 23.9 Å². The van der Waals surface area contributed by atoms with Crippen LogP contribution in [-0.2, 0) is 38.0 Å². The van der Waals surface area contributed by atoms with Crippen LogP contribution in [0.4, 0.5) is 0 Å². The van der Waals surface area contributed by atoms with Crippen molar-refractivity contribution < 1.29 is 47.6 Å². The monoisotopic (exact) mass is 498 g/mol. The summed E-state index contributed by atoms with van der Waals surface area (Å²) in [6, 6.07) is 16.0. The molecular formula is C26H26O10. The lowest BCUT2D eigenvalue weighted by Crippen LogP contribution is -2.64. The van der Waals surface area contributed by atoms with Gasteiger partial charge in [0.1, 0.15) is 0 Å². The molecule has 0 bridgehead atoms. The average molecular weight is 498 g/mol.